The van der Waals surface area contributed by atoms with Crippen LogP contribution in [0.2, 0.25) is 0 Å². The number of H-pyrrole nitrogens is 1. The quantitative estimate of drug-likeness (QED) is 0.539. The molecule has 0 radical (unpaired) electrons. The number of hydrogen-bond acceptors (Lipinski definition) is 3. The smallest absolute Gasteiger partial charge is 0.203 e. The van der Waals surface area contributed by atoms with Gasteiger partial charge in [-0.1, -0.05) is 24.3 Å². The van der Waals surface area contributed by atoms with Gasteiger partial charge in [-0.2, -0.15) is 0 Å². The van der Waals surface area contributed by atoms with Gasteiger partial charge in [-0.3, -0.25) is 4.98 Å². The number of pyridine rings is 1. The van der Waals surface area contributed by atoms with Crippen LogP contribution in [0.15, 0.2) is 60.8 Å². The van der Waals surface area contributed by atoms with Gasteiger partial charge < -0.3 is 9.88 Å². The number of halogens is 1. The van der Waals surface area contributed by atoms with E-state index in [4.69, 9.17) is 0 Å². The number of hydrogen-bond donors (Lipinski definition) is 1. The van der Waals surface area contributed by atoms with Crippen LogP contribution in [0, 0.1) is 5.82 Å². The van der Waals surface area contributed by atoms with Crippen molar-refractivity contribution in [2.45, 2.75) is 19.9 Å². The predicted octanol–water partition coefficient (Wildman–Crippen LogP) is 5.28. The normalized spacial score (nSPS) is 11.3. The van der Waals surface area contributed by atoms with Crippen LogP contribution in [0.4, 0.5) is 10.3 Å². The minimum absolute atomic E-state index is 0.237. The zero-order valence-corrected chi connectivity index (χ0v) is 15.6. The average Bonchev–Trinajstić information content (AvgIpc) is 3.11. The fourth-order valence-electron chi connectivity index (χ4n) is 2.94. The first kappa shape index (κ1) is 17.2. The van der Waals surface area contributed by atoms with Crippen LogP contribution in [-0.2, 0) is 0 Å². The summed E-state index contributed by atoms with van der Waals surface area (Å²) in [6, 6.07) is 16.9. The molecule has 27 heavy (non-hydrogen) atoms. The molecule has 1 N–H and O–H groups in total. The first-order chi connectivity index (χ1) is 13.0. The van der Waals surface area contributed by atoms with E-state index in [0.717, 1.165) is 39.4 Å². The van der Waals surface area contributed by atoms with Crippen molar-refractivity contribution < 1.29 is 4.39 Å². The fourth-order valence-corrected chi connectivity index (χ4v) is 2.94. The Morgan fingerprint density at radius 3 is 2.30 bits per heavy atom. The highest BCUT2D eigenvalue weighted by Gasteiger charge is 2.11. The van der Waals surface area contributed by atoms with E-state index in [0.29, 0.717) is 6.04 Å². The van der Waals surface area contributed by atoms with Crippen molar-refractivity contribution in [2.75, 3.05) is 11.9 Å². The molecule has 4 aromatic rings. The number of fused-ring (bicyclic) bond motifs is 1. The molecule has 4 nitrogen and oxygen atoms in total. The minimum Gasteiger partial charge on any atom is -0.343 e. The zero-order valence-electron chi connectivity index (χ0n) is 15.6. The summed E-state index contributed by atoms with van der Waals surface area (Å²) in [5.74, 6) is 0.621. The number of rotatable bonds is 4. The molecule has 0 aliphatic rings. The lowest BCUT2D eigenvalue weighted by atomic mass is 10.1. The van der Waals surface area contributed by atoms with Gasteiger partial charge in [0.25, 0.3) is 0 Å². The van der Waals surface area contributed by atoms with E-state index in [1.165, 1.54) is 12.1 Å². The summed E-state index contributed by atoms with van der Waals surface area (Å²) in [4.78, 5) is 14.7. The SMILES string of the molecule is CC(C)N(C)c1nc2ccc(-c3ccc(-c4ccc(F)cc4)cn3)cc2[nH]1. The number of aromatic amines is 1. The van der Waals surface area contributed by atoms with E-state index in [-0.39, 0.29) is 5.82 Å². The molecule has 0 aliphatic carbocycles. The molecule has 0 amide bonds. The van der Waals surface area contributed by atoms with Gasteiger partial charge in [0, 0.05) is 30.4 Å². The first-order valence-corrected chi connectivity index (χ1v) is 8.96. The Bertz CT molecular complexity index is 1070. The molecule has 2 heterocycles. The third-order valence-corrected chi connectivity index (χ3v) is 4.81. The first-order valence-electron chi connectivity index (χ1n) is 8.96. The maximum atomic E-state index is 13.1. The predicted molar refractivity (Wildman–Crippen MR) is 108 cm³/mol. The second-order valence-electron chi connectivity index (χ2n) is 6.94. The van der Waals surface area contributed by atoms with Gasteiger partial charge in [0.15, 0.2) is 0 Å². The molecule has 2 aromatic heterocycles. The summed E-state index contributed by atoms with van der Waals surface area (Å²) < 4.78 is 13.1. The summed E-state index contributed by atoms with van der Waals surface area (Å²) >= 11 is 0. The van der Waals surface area contributed by atoms with Gasteiger partial charge in [-0.05, 0) is 49.7 Å². The molecule has 2 aromatic carbocycles. The number of nitrogens with zero attached hydrogens (tertiary/aromatic N) is 3. The van der Waals surface area contributed by atoms with Crippen LogP contribution in [0.25, 0.3) is 33.4 Å². The summed E-state index contributed by atoms with van der Waals surface area (Å²) in [5, 5.41) is 0. The van der Waals surface area contributed by atoms with Gasteiger partial charge in [-0.15, -0.1) is 0 Å². The molecule has 0 bridgehead atoms. The van der Waals surface area contributed by atoms with E-state index in [1.807, 2.05) is 37.5 Å². The Balaban J connectivity index is 1.64. The Kier molecular flexibility index (Phi) is 4.36. The lowest BCUT2D eigenvalue weighted by molar-refractivity contribution is 0.628. The van der Waals surface area contributed by atoms with Crippen LogP contribution in [0.1, 0.15) is 13.8 Å². The molecular weight excluding hydrogens is 339 g/mol. The lowest BCUT2D eigenvalue weighted by Crippen LogP contribution is -2.26. The largest absolute Gasteiger partial charge is 0.343 e. The molecule has 5 heteroatoms. The highest BCUT2D eigenvalue weighted by molar-refractivity contribution is 5.83. The second-order valence-corrected chi connectivity index (χ2v) is 6.94. The summed E-state index contributed by atoms with van der Waals surface area (Å²) in [6.45, 7) is 4.26. The number of benzene rings is 2. The van der Waals surface area contributed by atoms with Crippen molar-refractivity contribution in [1.82, 2.24) is 15.0 Å². The Hall–Kier alpha value is -3.21. The Morgan fingerprint density at radius 1 is 0.926 bits per heavy atom. The zero-order chi connectivity index (χ0) is 19.0. The number of nitrogens with one attached hydrogen (secondary N) is 1. The Labute approximate surface area is 157 Å². The summed E-state index contributed by atoms with van der Waals surface area (Å²) in [5.41, 5.74) is 5.73. The lowest BCUT2D eigenvalue weighted by Gasteiger charge is -2.19. The van der Waals surface area contributed by atoms with Crippen LogP contribution in [0.3, 0.4) is 0 Å². The number of imidazole rings is 1. The molecule has 0 saturated carbocycles. The molecule has 0 saturated heterocycles. The van der Waals surface area contributed by atoms with Crippen molar-refractivity contribution in [3.63, 3.8) is 0 Å². The maximum Gasteiger partial charge on any atom is 0.203 e. The fraction of sp³-hybridized carbons (Fsp3) is 0.182. The van der Waals surface area contributed by atoms with E-state index in [1.54, 1.807) is 12.1 Å². The average molecular weight is 360 g/mol. The van der Waals surface area contributed by atoms with E-state index >= 15 is 0 Å². The molecule has 0 spiro atoms. The third-order valence-electron chi connectivity index (χ3n) is 4.81. The number of aromatic nitrogens is 3. The van der Waals surface area contributed by atoms with Crippen molar-refractivity contribution >= 4 is 17.0 Å². The molecule has 0 unspecified atom stereocenters. The van der Waals surface area contributed by atoms with Crippen LogP contribution in [0.5, 0.6) is 0 Å². The van der Waals surface area contributed by atoms with E-state index in [2.05, 4.69) is 39.8 Å². The minimum atomic E-state index is -0.237. The van der Waals surface area contributed by atoms with Gasteiger partial charge in [0.05, 0.1) is 16.7 Å². The molecule has 0 fully saturated rings. The molecule has 0 aliphatic heterocycles. The number of anilines is 1. The van der Waals surface area contributed by atoms with Crippen molar-refractivity contribution in [3.8, 4) is 22.4 Å². The van der Waals surface area contributed by atoms with Crippen molar-refractivity contribution in [3.05, 3.63) is 66.6 Å². The molecule has 136 valence electrons. The van der Waals surface area contributed by atoms with Crippen molar-refractivity contribution in [1.29, 1.82) is 0 Å². The van der Waals surface area contributed by atoms with Gasteiger partial charge in [-0.25, -0.2) is 9.37 Å². The van der Waals surface area contributed by atoms with Crippen LogP contribution >= 0.6 is 0 Å². The van der Waals surface area contributed by atoms with Gasteiger partial charge in [0.2, 0.25) is 5.95 Å². The van der Waals surface area contributed by atoms with E-state index < -0.39 is 0 Å². The van der Waals surface area contributed by atoms with Crippen LogP contribution in [-0.4, -0.2) is 28.0 Å². The third kappa shape index (κ3) is 3.40. The molecule has 4 rings (SSSR count). The summed E-state index contributed by atoms with van der Waals surface area (Å²) in [7, 11) is 2.03. The van der Waals surface area contributed by atoms with Gasteiger partial charge >= 0.3 is 0 Å². The van der Waals surface area contributed by atoms with Crippen LogP contribution < -0.4 is 4.90 Å². The molecular formula is C22H21FN4. The highest BCUT2D eigenvalue weighted by Crippen LogP contribution is 2.26. The molecule has 0 atom stereocenters. The monoisotopic (exact) mass is 360 g/mol. The Morgan fingerprint density at radius 2 is 1.63 bits per heavy atom. The van der Waals surface area contributed by atoms with E-state index in [9.17, 15) is 4.39 Å². The maximum absolute atomic E-state index is 13.1. The van der Waals surface area contributed by atoms with Gasteiger partial charge in [0.1, 0.15) is 5.82 Å². The van der Waals surface area contributed by atoms with Crippen molar-refractivity contribution in [2.24, 2.45) is 0 Å². The summed E-state index contributed by atoms with van der Waals surface area (Å²) in [6.07, 6.45) is 1.82. The topological polar surface area (TPSA) is 44.8 Å². The standard InChI is InChI=1S/C22H21FN4/c1-14(2)27(3)22-25-20-11-6-16(12-21(20)26-22)19-10-7-17(13-24-19)15-4-8-18(23)9-5-15/h4-14H,1-3H3,(H,25,26). The second kappa shape index (κ2) is 6.83. The highest BCUT2D eigenvalue weighted by atomic mass is 19.1.